The van der Waals surface area contributed by atoms with Gasteiger partial charge in [-0.3, -0.25) is 4.79 Å². The third-order valence-electron chi connectivity index (χ3n) is 4.75. The number of methoxy groups -OCH3 is 1. The Morgan fingerprint density at radius 3 is 2.62 bits per heavy atom. The lowest BCUT2D eigenvalue weighted by atomic mass is 9.92. The summed E-state index contributed by atoms with van der Waals surface area (Å²) in [5, 5.41) is 0. The highest BCUT2D eigenvalue weighted by Gasteiger charge is 2.38. The van der Waals surface area contributed by atoms with Gasteiger partial charge in [0, 0.05) is 39.1 Å². The van der Waals surface area contributed by atoms with Crippen LogP contribution >= 0.6 is 15.9 Å². The number of nitrogens with zero attached hydrogens (tertiary/aromatic N) is 1. The molecule has 0 aromatic carbocycles. The number of aromatic nitrogens is 2. The Bertz CT molecular complexity index is 561. The van der Waals surface area contributed by atoms with Crippen LogP contribution in [0.5, 0.6) is 0 Å². The minimum atomic E-state index is -0.522. The Balaban J connectivity index is 2.04. The summed E-state index contributed by atoms with van der Waals surface area (Å²) in [6, 6.07) is 0. The van der Waals surface area contributed by atoms with Crippen molar-refractivity contribution in [2.75, 3.05) is 20.3 Å². The van der Waals surface area contributed by atoms with Crippen molar-refractivity contribution < 1.29 is 9.47 Å². The van der Waals surface area contributed by atoms with Crippen molar-refractivity contribution >= 4 is 15.9 Å². The molecule has 116 valence electrons. The van der Waals surface area contributed by atoms with Gasteiger partial charge in [0.25, 0.3) is 5.56 Å². The smallest absolute Gasteiger partial charge is 0.265 e. The zero-order chi connectivity index (χ0) is 14.9. The summed E-state index contributed by atoms with van der Waals surface area (Å²) in [6.07, 6.45) is 6.08. The second kappa shape index (κ2) is 6.18. The molecule has 0 amide bonds. The summed E-state index contributed by atoms with van der Waals surface area (Å²) >= 11 is 3.42. The van der Waals surface area contributed by atoms with Crippen LogP contribution < -0.4 is 5.56 Å². The van der Waals surface area contributed by atoms with Crippen molar-refractivity contribution in [3.05, 3.63) is 26.3 Å². The van der Waals surface area contributed by atoms with Gasteiger partial charge in [-0.25, -0.2) is 4.98 Å². The summed E-state index contributed by atoms with van der Waals surface area (Å²) in [7, 11) is 1.68. The quantitative estimate of drug-likeness (QED) is 0.904. The number of halogens is 1. The van der Waals surface area contributed by atoms with E-state index in [2.05, 4.69) is 20.9 Å². The van der Waals surface area contributed by atoms with Gasteiger partial charge in [0.05, 0.1) is 5.69 Å². The molecule has 2 fully saturated rings. The molecular formula is C15H21BrN2O3. The van der Waals surface area contributed by atoms with Crippen molar-refractivity contribution in [1.82, 2.24) is 9.97 Å². The average molecular weight is 357 g/mol. The molecule has 0 radical (unpaired) electrons. The first kappa shape index (κ1) is 15.2. The van der Waals surface area contributed by atoms with Crippen LogP contribution in [-0.2, 0) is 15.1 Å². The van der Waals surface area contributed by atoms with Crippen LogP contribution in [0, 0.1) is 0 Å². The van der Waals surface area contributed by atoms with Gasteiger partial charge in [-0.15, -0.1) is 0 Å². The number of rotatable bonds is 3. The largest absolute Gasteiger partial charge is 0.381 e. The molecule has 6 heteroatoms. The molecule has 5 nitrogen and oxygen atoms in total. The maximum absolute atomic E-state index is 12.3. The highest BCUT2D eigenvalue weighted by Crippen LogP contribution is 2.38. The molecule has 1 N–H and O–H groups in total. The SMILES string of the molecule is COC1(c2nc(C3CCCC3)c(Br)c(=O)[nH]2)CCOCC1. The van der Waals surface area contributed by atoms with Gasteiger partial charge in [-0.2, -0.15) is 0 Å². The molecule has 1 saturated heterocycles. The maximum Gasteiger partial charge on any atom is 0.265 e. The number of aromatic amines is 1. The van der Waals surface area contributed by atoms with E-state index in [0.717, 1.165) is 31.4 Å². The summed E-state index contributed by atoms with van der Waals surface area (Å²) in [5.41, 5.74) is 0.268. The van der Waals surface area contributed by atoms with E-state index in [0.29, 0.717) is 29.4 Å². The molecule has 1 aliphatic heterocycles. The van der Waals surface area contributed by atoms with Crippen molar-refractivity contribution in [3.63, 3.8) is 0 Å². The molecule has 0 atom stereocenters. The topological polar surface area (TPSA) is 64.2 Å². The number of hydrogen-bond acceptors (Lipinski definition) is 4. The van der Waals surface area contributed by atoms with Crippen molar-refractivity contribution in [1.29, 1.82) is 0 Å². The van der Waals surface area contributed by atoms with E-state index in [1.54, 1.807) is 7.11 Å². The number of hydrogen-bond donors (Lipinski definition) is 1. The summed E-state index contributed by atoms with van der Waals surface area (Å²) in [5.74, 6) is 1.04. The summed E-state index contributed by atoms with van der Waals surface area (Å²) in [6.45, 7) is 1.26. The molecule has 0 unspecified atom stereocenters. The molecule has 1 aliphatic carbocycles. The summed E-state index contributed by atoms with van der Waals surface area (Å²) in [4.78, 5) is 20.0. The van der Waals surface area contributed by atoms with Gasteiger partial charge in [0.15, 0.2) is 0 Å². The van der Waals surface area contributed by atoms with E-state index in [1.165, 1.54) is 12.8 Å². The number of nitrogens with one attached hydrogen (secondary N) is 1. The maximum atomic E-state index is 12.3. The molecule has 2 aliphatic rings. The molecule has 21 heavy (non-hydrogen) atoms. The summed E-state index contributed by atoms with van der Waals surface area (Å²) < 4.78 is 11.8. The third kappa shape index (κ3) is 2.81. The van der Waals surface area contributed by atoms with Gasteiger partial charge in [-0.05, 0) is 28.8 Å². The van der Waals surface area contributed by atoms with Gasteiger partial charge in [0.1, 0.15) is 15.9 Å². The molecule has 0 bridgehead atoms. The van der Waals surface area contributed by atoms with Gasteiger partial charge in [-0.1, -0.05) is 12.8 Å². The molecule has 1 saturated carbocycles. The van der Waals surface area contributed by atoms with Crippen LogP contribution in [0.3, 0.4) is 0 Å². The lowest BCUT2D eigenvalue weighted by Gasteiger charge is -2.35. The van der Waals surface area contributed by atoms with Gasteiger partial charge >= 0.3 is 0 Å². The van der Waals surface area contributed by atoms with Crippen LogP contribution in [0.15, 0.2) is 9.27 Å². The van der Waals surface area contributed by atoms with Gasteiger partial charge in [0.2, 0.25) is 0 Å². The van der Waals surface area contributed by atoms with E-state index in [-0.39, 0.29) is 5.56 Å². The van der Waals surface area contributed by atoms with Gasteiger partial charge < -0.3 is 14.5 Å². The predicted octanol–water partition coefficient (Wildman–Crippen LogP) is 2.84. The molecule has 0 spiro atoms. The van der Waals surface area contributed by atoms with Crippen molar-refractivity contribution in [2.24, 2.45) is 0 Å². The second-order valence-corrected chi connectivity index (χ2v) is 6.70. The Kier molecular flexibility index (Phi) is 4.47. The van der Waals surface area contributed by atoms with Crippen LogP contribution in [0.1, 0.15) is 56.0 Å². The first-order valence-corrected chi connectivity index (χ1v) is 8.39. The zero-order valence-electron chi connectivity index (χ0n) is 12.3. The standard InChI is InChI=1S/C15H21BrN2O3/c1-20-15(6-8-21-9-7-15)14-17-12(10-4-2-3-5-10)11(16)13(19)18-14/h10H,2-9H2,1H3,(H,17,18,19). The van der Waals surface area contributed by atoms with Crippen LogP contribution in [0.4, 0.5) is 0 Å². The van der Waals surface area contributed by atoms with E-state index in [1.807, 2.05) is 0 Å². The lowest BCUT2D eigenvalue weighted by molar-refractivity contribution is -0.100. The van der Waals surface area contributed by atoms with E-state index >= 15 is 0 Å². The first-order chi connectivity index (χ1) is 10.2. The highest BCUT2D eigenvalue weighted by atomic mass is 79.9. The molecule has 1 aromatic heterocycles. The van der Waals surface area contributed by atoms with E-state index in [9.17, 15) is 4.79 Å². The minimum Gasteiger partial charge on any atom is -0.381 e. The first-order valence-electron chi connectivity index (χ1n) is 7.59. The molecule has 1 aromatic rings. The second-order valence-electron chi connectivity index (χ2n) is 5.91. The Morgan fingerprint density at radius 1 is 1.33 bits per heavy atom. The molecular weight excluding hydrogens is 336 g/mol. The fourth-order valence-electron chi connectivity index (χ4n) is 3.40. The average Bonchev–Trinajstić information content (AvgIpc) is 3.04. The Labute approximate surface area is 132 Å². The van der Waals surface area contributed by atoms with Crippen LogP contribution in [-0.4, -0.2) is 30.3 Å². The van der Waals surface area contributed by atoms with Crippen molar-refractivity contribution in [2.45, 2.75) is 50.0 Å². The monoisotopic (exact) mass is 356 g/mol. The fraction of sp³-hybridized carbons (Fsp3) is 0.733. The van der Waals surface area contributed by atoms with Crippen molar-refractivity contribution in [3.8, 4) is 0 Å². The molecule has 3 rings (SSSR count). The normalized spacial score (nSPS) is 22.6. The van der Waals surface area contributed by atoms with Crippen LogP contribution in [0.25, 0.3) is 0 Å². The lowest BCUT2D eigenvalue weighted by Crippen LogP contribution is -2.39. The Hall–Kier alpha value is -0.720. The predicted molar refractivity (Wildman–Crippen MR) is 82.5 cm³/mol. The molecule has 2 heterocycles. The third-order valence-corrected chi connectivity index (χ3v) is 5.52. The minimum absolute atomic E-state index is 0.107. The number of ether oxygens (including phenoxy) is 2. The van der Waals surface area contributed by atoms with E-state index in [4.69, 9.17) is 14.5 Å². The fourth-order valence-corrected chi connectivity index (χ4v) is 3.91. The van der Waals surface area contributed by atoms with E-state index < -0.39 is 5.60 Å². The van der Waals surface area contributed by atoms with Crippen LogP contribution in [0.2, 0.25) is 0 Å². The number of H-pyrrole nitrogens is 1. The Morgan fingerprint density at radius 2 is 2.00 bits per heavy atom. The highest BCUT2D eigenvalue weighted by molar-refractivity contribution is 9.10. The zero-order valence-corrected chi connectivity index (χ0v) is 13.9.